The highest BCUT2D eigenvalue weighted by Crippen LogP contribution is 2.42. The normalized spacial score (nSPS) is 11.6. The average Bonchev–Trinajstić information content (AvgIpc) is 3.49. The van der Waals surface area contributed by atoms with Crippen molar-refractivity contribution < 1.29 is 19.5 Å². The molecule has 0 saturated carbocycles. The number of thiazole rings is 1. The number of nitrogens with zero attached hydrogens (tertiary/aromatic N) is 1. The van der Waals surface area contributed by atoms with E-state index in [1.807, 2.05) is 53.9 Å². The van der Waals surface area contributed by atoms with E-state index in [0.717, 1.165) is 11.1 Å². The molecule has 228 valence electrons. The molecule has 1 heterocycles. The number of carbonyl (C=O) groups excluding carboxylic acids is 2. The first kappa shape index (κ1) is 33.1. The molecule has 45 heavy (non-hydrogen) atoms. The van der Waals surface area contributed by atoms with Crippen LogP contribution in [0.25, 0.3) is 11.3 Å². The minimum atomic E-state index is -1.51. The number of thioether (sulfide) groups is 1. The Morgan fingerprint density at radius 1 is 0.778 bits per heavy atom. The number of carboxylic acids is 1. The summed E-state index contributed by atoms with van der Waals surface area (Å²) in [5, 5.41) is 16.0. The number of nitrogens with one attached hydrogen (secondary N) is 2. The molecule has 0 aliphatic rings. The quantitative estimate of drug-likeness (QED) is 0.0790. The van der Waals surface area contributed by atoms with Gasteiger partial charge in [0.1, 0.15) is 5.25 Å². The molecule has 7 nitrogen and oxygen atoms in total. The van der Waals surface area contributed by atoms with Gasteiger partial charge in [0.05, 0.1) is 36.9 Å². The summed E-state index contributed by atoms with van der Waals surface area (Å²) in [5.41, 5.74) is 1.41. The van der Waals surface area contributed by atoms with Gasteiger partial charge in [-0.15, -0.1) is 23.1 Å². The zero-order chi connectivity index (χ0) is 32.2. The number of aromatic nitrogens is 1. The molecule has 1 atom stereocenters. The lowest BCUT2D eigenvalue weighted by Gasteiger charge is -2.17. The molecule has 1 unspecified atom stereocenters. The van der Waals surface area contributed by atoms with E-state index in [-0.39, 0.29) is 21.0 Å². The van der Waals surface area contributed by atoms with Gasteiger partial charge in [-0.25, -0.2) is 9.78 Å². The molecule has 0 saturated heterocycles. The molecule has 4 aromatic carbocycles. The average molecular weight is 738 g/mol. The number of halogens is 5. The summed E-state index contributed by atoms with van der Waals surface area (Å²) in [6.45, 7) is 0. The summed E-state index contributed by atoms with van der Waals surface area (Å²) in [5.74, 6) is -2.69. The fourth-order valence-electron chi connectivity index (χ4n) is 4.22. The lowest BCUT2D eigenvalue weighted by molar-refractivity contribution is -0.115. The Morgan fingerprint density at radius 3 is 2.13 bits per heavy atom. The monoisotopic (exact) mass is 735 g/mol. The number of aromatic carboxylic acids is 1. The third-order valence-corrected chi connectivity index (χ3v) is 10.4. The van der Waals surface area contributed by atoms with Gasteiger partial charge in [-0.3, -0.25) is 9.59 Å². The maximum absolute atomic E-state index is 13.6. The highest BCUT2D eigenvalue weighted by atomic mass is 35.5. The Hall–Kier alpha value is -3.28. The Morgan fingerprint density at radius 2 is 1.44 bits per heavy atom. The van der Waals surface area contributed by atoms with E-state index >= 15 is 0 Å². The molecule has 0 spiro atoms. The molecule has 5 aromatic rings. The van der Waals surface area contributed by atoms with Crippen molar-refractivity contribution in [3.8, 4) is 11.3 Å². The maximum atomic E-state index is 13.6. The standard InChI is InChI=1S/C31H18Cl5N3O4S2/c32-19-12-5-4-11-18(19)20-14-44-31(38-20)39-29(41)27(15-7-2-1-3-8-15)45-17-10-6-9-16(13-17)37-28(40)21-22(30(42)43)24(34)26(36)25(35)23(21)33/h1-14,27H,(H,37,40)(H,42,43)(H,38,39,41). The highest BCUT2D eigenvalue weighted by Gasteiger charge is 2.29. The molecular formula is C31H18Cl5N3O4S2. The molecule has 0 aliphatic carbocycles. The van der Waals surface area contributed by atoms with E-state index in [4.69, 9.17) is 58.0 Å². The third-order valence-electron chi connectivity index (χ3n) is 6.28. The van der Waals surface area contributed by atoms with Crippen LogP contribution >= 0.6 is 81.1 Å². The van der Waals surface area contributed by atoms with E-state index in [1.165, 1.54) is 23.1 Å². The summed E-state index contributed by atoms with van der Waals surface area (Å²) in [7, 11) is 0. The van der Waals surface area contributed by atoms with Crippen LogP contribution in [-0.4, -0.2) is 27.9 Å². The second-order valence-corrected chi connectivity index (χ2v) is 13.2. The Balaban J connectivity index is 1.39. The van der Waals surface area contributed by atoms with E-state index < -0.39 is 33.3 Å². The van der Waals surface area contributed by atoms with Crippen LogP contribution in [0.15, 0.2) is 89.1 Å². The molecule has 5 rings (SSSR count). The van der Waals surface area contributed by atoms with Crippen molar-refractivity contribution in [2.75, 3.05) is 10.6 Å². The first-order valence-corrected chi connectivity index (χ1v) is 16.4. The van der Waals surface area contributed by atoms with Crippen molar-refractivity contribution >= 4 is 110 Å². The summed E-state index contributed by atoms with van der Waals surface area (Å²) in [4.78, 5) is 44.0. The number of hydrogen-bond acceptors (Lipinski definition) is 6. The van der Waals surface area contributed by atoms with Crippen LogP contribution < -0.4 is 10.6 Å². The number of rotatable bonds is 9. The van der Waals surface area contributed by atoms with Crippen molar-refractivity contribution in [1.29, 1.82) is 0 Å². The Labute approximate surface area is 290 Å². The van der Waals surface area contributed by atoms with E-state index in [1.54, 1.807) is 30.3 Å². The first-order valence-electron chi connectivity index (χ1n) is 12.8. The van der Waals surface area contributed by atoms with Crippen molar-refractivity contribution in [2.24, 2.45) is 0 Å². The van der Waals surface area contributed by atoms with Gasteiger partial charge >= 0.3 is 5.97 Å². The number of hydrogen-bond donors (Lipinski definition) is 3. The largest absolute Gasteiger partial charge is 0.478 e. The fourth-order valence-corrected chi connectivity index (χ4v) is 7.27. The Kier molecular flexibility index (Phi) is 10.6. The van der Waals surface area contributed by atoms with Gasteiger partial charge in [0, 0.05) is 26.5 Å². The predicted octanol–water partition coefficient (Wildman–Crippen LogP) is 10.5. The first-order chi connectivity index (χ1) is 21.5. The summed E-state index contributed by atoms with van der Waals surface area (Å²) < 4.78 is 0. The van der Waals surface area contributed by atoms with Gasteiger partial charge in [0.2, 0.25) is 5.91 Å². The molecule has 0 fully saturated rings. The topological polar surface area (TPSA) is 108 Å². The summed E-state index contributed by atoms with van der Waals surface area (Å²) in [6.07, 6.45) is 0. The van der Waals surface area contributed by atoms with Crippen molar-refractivity contribution in [2.45, 2.75) is 10.1 Å². The van der Waals surface area contributed by atoms with Crippen LogP contribution in [0.2, 0.25) is 25.1 Å². The Bertz CT molecular complexity index is 1940. The van der Waals surface area contributed by atoms with Crippen LogP contribution in [-0.2, 0) is 4.79 Å². The molecule has 14 heteroatoms. The maximum Gasteiger partial charge on any atom is 0.338 e. The van der Waals surface area contributed by atoms with Crippen LogP contribution in [0.5, 0.6) is 0 Å². The van der Waals surface area contributed by atoms with Crippen LogP contribution in [0.3, 0.4) is 0 Å². The lowest BCUT2D eigenvalue weighted by atomic mass is 10.1. The number of anilines is 2. The smallest absolute Gasteiger partial charge is 0.338 e. The van der Waals surface area contributed by atoms with Crippen molar-refractivity contribution in [3.63, 3.8) is 0 Å². The highest BCUT2D eigenvalue weighted by molar-refractivity contribution is 8.00. The molecular weight excluding hydrogens is 720 g/mol. The predicted molar refractivity (Wildman–Crippen MR) is 184 cm³/mol. The van der Waals surface area contributed by atoms with E-state index in [9.17, 15) is 19.5 Å². The minimum absolute atomic E-state index is 0.251. The van der Waals surface area contributed by atoms with Gasteiger partial charge < -0.3 is 15.7 Å². The van der Waals surface area contributed by atoms with E-state index in [2.05, 4.69) is 15.6 Å². The number of carboxylic acid groups (broad SMARTS) is 1. The second kappa shape index (κ2) is 14.4. The number of carbonyl (C=O) groups is 3. The van der Waals surface area contributed by atoms with Gasteiger partial charge in [0.15, 0.2) is 5.13 Å². The SMILES string of the molecule is O=C(O)c1c(Cl)c(Cl)c(Cl)c(Cl)c1C(=O)Nc1cccc(SC(C(=O)Nc2nc(-c3ccccc3Cl)cs2)c2ccccc2)c1. The van der Waals surface area contributed by atoms with Crippen molar-refractivity contribution in [3.05, 3.63) is 126 Å². The number of benzene rings is 4. The second-order valence-electron chi connectivity index (χ2n) is 9.21. The number of amides is 2. The summed E-state index contributed by atoms with van der Waals surface area (Å²) >= 11 is 33.3. The van der Waals surface area contributed by atoms with Gasteiger partial charge in [-0.1, -0.05) is 113 Å². The molecule has 0 radical (unpaired) electrons. The van der Waals surface area contributed by atoms with Gasteiger partial charge in [-0.2, -0.15) is 0 Å². The summed E-state index contributed by atoms with van der Waals surface area (Å²) in [6, 6.07) is 23.2. The molecule has 0 bridgehead atoms. The van der Waals surface area contributed by atoms with Crippen LogP contribution in [0.1, 0.15) is 31.5 Å². The van der Waals surface area contributed by atoms with Gasteiger partial charge in [0.25, 0.3) is 5.91 Å². The lowest BCUT2D eigenvalue weighted by Crippen LogP contribution is -2.19. The van der Waals surface area contributed by atoms with E-state index in [0.29, 0.717) is 26.4 Å². The zero-order valence-corrected chi connectivity index (χ0v) is 27.9. The molecule has 1 aromatic heterocycles. The molecule has 3 N–H and O–H groups in total. The van der Waals surface area contributed by atoms with Gasteiger partial charge in [-0.05, 0) is 29.8 Å². The molecule has 0 aliphatic heterocycles. The zero-order valence-electron chi connectivity index (χ0n) is 22.5. The fraction of sp³-hybridized carbons (Fsp3) is 0.0323. The molecule has 2 amide bonds. The van der Waals surface area contributed by atoms with Crippen LogP contribution in [0, 0.1) is 0 Å². The van der Waals surface area contributed by atoms with Crippen molar-refractivity contribution in [1.82, 2.24) is 4.98 Å². The minimum Gasteiger partial charge on any atom is -0.478 e. The third kappa shape index (κ3) is 7.42. The van der Waals surface area contributed by atoms with Crippen LogP contribution in [0.4, 0.5) is 10.8 Å².